The van der Waals surface area contributed by atoms with Gasteiger partial charge in [-0.1, -0.05) is 115 Å². The van der Waals surface area contributed by atoms with E-state index in [2.05, 4.69) is 151 Å². The van der Waals surface area contributed by atoms with Gasteiger partial charge in [0.25, 0.3) is 0 Å². The van der Waals surface area contributed by atoms with Crippen LogP contribution in [-0.4, -0.2) is 12.8 Å². The summed E-state index contributed by atoms with van der Waals surface area (Å²) in [5.41, 5.74) is 6.33. The summed E-state index contributed by atoms with van der Waals surface area (Å²) in [5.74, 6) is 0. The molecule has 2 nitrogen and oxygen atoms in total. The lowest BCUT2D eigenvalue weighted by Crippen LogP contribution is -2.55. The van der Waals surface area contributed by atoms with Crippen LogP contribution in [0.5, 0.6) is 0 Å². The van der Waals surface area contributed by atoms with E-state index in [4.69, 9.17) is 0 Å². The van der Waals surface area contributed by atoms with E-state index in [9.17, 15) is 0 Å². The molecule has 0 atom stereocenters. The second kappa shape index (κ2) is 9.28. The summed E-state index contributed by atoms with van der Waals surface area (Å²) in [6.45, 7) is 8.11. The zero-order chi connectivity index (χ0) is 23.5. The maximum absolute atomic E-state index is 2.49. The molecule has 0 aliphatic carbocycles. The predicted octanol–water partition coefficient (Wildman–Crippen LogP) is 5.94. The summed E-state index contributed by atoms with van der Waals surface area (Å²) in [5, 5.41) is 2.92. The van der Waals surface area contributed by atoms with Crippen molar-refractivity contribution >= 4 is 18.4 Å². The Labute approximate surface area is 203 Å². The molecule has 5 rings (SSSR count). The van der Waals surface area contributed by atoms with Crippen molar-refractivity contribution in [3.63, 3.8) is 0 Å². The maximum Gasteiger partial charge on any atom is 0.239 e. The number of rotatable bonds is 6. The Morgan fingerprint density at radius 3 is 1.62 bits per heavy atom. The van der Waals surface area contributed by atoms with Crippen LogP contribution in [0.1, 0.15) is 6.92 Å². The Kier molecular flexibility index (Phi) is 6.04. The van der Waals surface area contributed by atoms with Gasteiger partial charge in [0.05, 0.1) is 0 Å². The summed E-state index contributed by atoms with van der Waals surface area (Å²) < 4.78 is 4.92. The second-order valence-electron chi connectivity index (χ2n) is 9.16. The molecule has 0 saturated heterocycles. The molecule has 1 aromatic heterocycles. The number of benzene rings is 4. The van der Waals surface area contributed by atoms with E-state index in [1.807, 2.05) is 0 Å². The van der Waals surface area contributed by atoms with E-state index in [1.165, 1.54) is 38.6 Å². The number of nitrogens with zero attached hydrogens (tertiary/aromatic N) is 2. The van der Waals surface area contributed by atoms with Gasteiger partial charge in [0.2, 0.25) is 5.69 Å². The summed E-state index contributed by atoms with van der Waals surface area (Å²) in [6, 6.07) is 43.7. The molecular weight excluding hydrogens is 428 g/mol. The Hall–Kier alpha value is -3.69. The molecule has 0 saturated carbocycles. The minimum atomic E-state index is -2.11. The molecule has 0 N–H and O–H groups in total. The zero-order valence-electron chi connectivity index (χ0n) is 20.1. The van der Waals surface area contributed by atoms with Crippen LogP contribution in [0.25, 0.3) is 28.2 Å². The van der Waals surface area contributed by atoms with Crippen molar-refractivity contribution in [2.45, 2.75) is 26.6 Å². The lowest BCUT2D eigenvalue weighted by atomic mass is 10.1. The van der Waals surface area contributed by atoms with Gasteiger partial charge in [-0.05, 0) is 31.2 Å². The van der Waals surface area contributed by atoms with Crippen molar-refractivity contribution in [3.05, 3.63) is 121 Å². The van der Waals surface area contributed by atoms with Crippen LogP contribution in [-0.2, 0) is 6.54 Å². The van der Waals surface area contributed by atoms with Crippen LogP contribution in [0.4, 0.5) is 0 Å². The lowest BCUT2D eigenvalue weighted by Gasteiger charge is -2.23. The summed E-state index contributed by atoms with van der Waals surface area (Å²) in [4.78, 5) is 0. The van der Waals surface area contributed by atoms with Crippen molar-refractivity contribution in [2.75, 3.05) is 0 Å². The molecule has 0 aliphatic rings. The number of hydrogen-bond donors (Lipinski definition) is 0. The Balaban J connectivity index is 1.97. The van der Waals surface area contributed by atoms with Crippen molar-refractivity contribution in [3.8, 4) is 28.2 Å². The van der Waals surface area contributed by atoms with E-state index in [-0.39, 0.29) is 0 Å². The smallest absolute Gasteiger partial charge is 0.120 e. The molecule has 34 heavy (non-hydrogen) atoms. The topological polar surface area (TPSA) is 8.81 Å². The van der Waals surface area contributed by atoms with Gasteiger partial charge < -0.3 is 0 Å². The maximum atomic E-state index is 2.49. The Morgan fingerprint density at radius 1 is 0.618 bits per heavy atom. The predicted molar refractivity (Wildman–Crippen MR) is 146 cm³/mol. The van der Waals surface area contributed by atoms with E-state index in [0.717, 1.165) is 6.54 Å². The van der Waals surface area contributed by atoms with Crippen molar-refractivity contribution in [2.24, 2.45) is 0 Å². The monoisotopic (exact) mass is 459 g/mol. The molecule has 3 heteroatoms. The van der Waals surface area contributed by atoms with Gasteiger partial charge in [-0.2, -0.15) is 0 Å². The highest BCUT2D eigenvalue weighted by atomic mass is 28.3. The van der Waals surface area contributed by atoms with Gasteiger partial charge in [0.1, 0.15) is 19.5 Å². The molecule has 0 aliphatic heterocycles. The van der Waals surface area contributed by atoms with Crippen LogP contribution in [0.15, 0.2) is 121 Å². The van der Waals surface area contributed by atoms with Crippen molar-refractivity contribution < 1.29 is 4.68 Å². The third-order valence-corrected chi connectivity index (χ3v) is 10.2. The minimum Gasteiger partial charge on any atom is -0.120 e. The molecular formula is C31H31N2Si+. The van der Waals surface area contributed by atoms with E-state index >= 15 is 0 Å². The first kappa shape index (κ1) is 22.1. The minimum absolute atomic E-state index is 0.873. The molecule has 0 unspecified atom stereocenters. The molecule has 0 radical (unpaired) electrons. The second-order valence-corrected chi connectivity index (χ2v) is 13.5. The van der Waals surface area contributed by atoms with Crippen LogP contribution < -0.4 is 15.1 Å². The van der Waals surface area contributed by atoms with Gasteiger partial charge in [0, 0.05) is 16.3 Å². The average molecular weight is 460 g/mol. The quantitative estimate of drug-likeness (QED) is 0.219. The van der Waals surface area contributed by atoms with Crippen LogP contribution >= 0.6 is 0 Å². The molecule has 1 heterocycles. The normalized spacial score (nSPS) is 11.5. The molecule has 0 bridgehead atoms. The fourth-order valence-electron chi connectivity index (χ4n) is 5.05. The molecule has 0 amide bonds. The first-order chi connectivity index (χ1) is 16.6. The molecule has 5 aromatic rings. The molecule has 4 aromatic carbocycles. The van der Waals surface area contributed by atoms with Gasteiger partial charge in [-0.3, -0.25) is 0 Å². The van der Waals surface area contributed by atoms with E-state index < -0.39 is 8.07 Å². The van der Waals surface area contributed by atoms with Crippen LogP contribution in [0, 0.1) is 0 Å². The average Bonchev–Trinajstić information content (AvgIpc) is 3.27. The fourth-order valence-corrected chi connectivity index (χ4v) is 8.07. The van der Waals surface area contributed by atoms with Crippen molar-refractivity contribution in [1.82, 2.24) is 4.68 Å². The first-order valence-corrected chi connectivity index (χ1v) is 15.0. The molecule has 0 fully saturated rings. The van der Waals surface area contributed by atoms with Gasteiger partial charge in [-0.25, -0.2) is 0 Å². The highest BCUT2D eigenvalue weighted by Crippen LogP contribution is 2.29. The Bertz CT molecular complexity index is 1370. The summed E-state index contributed by atoms with van der Waals surface area (Å²) >= 11 is 0. The highest BCUT2D eigenvalue weighted by molar-refractivity contribution is 7.01. The van der Waals surface area contributed by atoms with E-state index in [1.54, 1.807) is 0 Å². The van der Waals surface area contributed by atoms with E-state index in [0.29, 0.717) is 0 Å². The summed E-state index contributed by atoms with van der Waals surface area (Å²) in [7, 11) is -2.11. The molecule has 168 valence electrons. The zero-order valence-corrected chi connectivity index (χ0v) is 21.1. The third kappa shape index (κ3) is 3.82. The molecule has 0 spiro atoms. The number of para-hydroxylation sites is 1. The standard InChI is InChI=1S/C31H31N2Si/c1-4-32-29(25-17-9-5-10-18-25)31(34(2,3)28-23-15-8-16-24-28)30(26-19-11-6-12-20-26)33(32)27-21-13-7-14-22-27/h5-24H,4H2,1-3H3/q+1. The Morgan fingerprint density at radius 2 is 1.09 bits per heavy atom. The number of aromatic nitrogens is 2. The van der Waals surface area contributed by atoms with Gasteiger partial charge in [-0.15, -0.1) is 9.36 Å². The summed E-state index contributed by atoms with van der Waals surface area (Å²) in [6.07, 6.45) is 0. The highest BCUT2D eigenvalue weighted by Gasteiger charge is 2.42. The third-order valence-electron chi connectivity index (χ3n) is 6.70. The van der Waals surface area contributed by atoms with Crippen molar-refractivity contribution in [1.29, 1.82) is 0 Å². The van der Waals surface area contributed by atoms with Gasteiger partial charge in [0.15, 0.2) is 6.54 Å². The fraction of sp³-hybridized carbons (Fsp3) is 0.129. The van der Waals surface area contributed by atoms with Crippen LogP contribution in [0.2, 0.25) is 13.1 Å². The lowest BCUT2D eigenvalue weighted by molar-refractivity contribution is -0.752. The largest absolute Gasteiger partial charge is 0.239 e. The SMILES string of the molecule is CC[n+]1c(-c2ccccc2)c([Si](C)(C)c2ccccc2)c(-c2ccccc2)n1-c1ccccc1. The number of hydrogen-bond acceptors (Lipinski definition) is 0. The van der Waals surface area contributed by atoms with Gasteiger partial charge >= 0.3 is 0 Å². The van der Waals surface area contributed by atoms with Crippen LogP contribution in [0.3, 0.4) is 0 Å². The first-order valence-electron chi connectivity index (χ1n) is 12.0.